The highest BCUT2D eigenvalue weighted by atomic mass is 32.2. The zero-order valence-corrected chi connectivity index (χ0v) is 22.6. The molecule has 2 atom stereocenters. The number of halogens is 1. The SMILES string of the molecule is Cc1ccc(C(=O)N2C(C(=O)NCCC(c3ccccc3)c3ccccc3)CSC2c2ccc(F)cc2)cc1. The van der Waals surface area contributed by atoms with Crippen molar-refractivity contribution < 1.29 is 14.0 Å². The molecule has 0 bridgehead atoms. The molecule has 1 aliphatic rings. The maximum absolute atomic E-state index is 13.7. The van der Waals surface area contributed by atoms with Gasteiger partial charge in [-0.3, -0.25) is 9.59 Å². The lowest BCUT2D eigenvalue weighted by atomic mass is 9.88. The van der Waals surface area contributed by atoms with Crippen molar-refractivity contribution in [3.8, 4) is 0 Å². The molecule has 2 amide bonds. The molecule has 1 fully saturated rings. The van der Waals surface area contributed by atoms with Gasteiger partial charge in [-0.25, -0.2) is 4.39 Å². The molecule has 4 aromatic rings. The van der Waals surface area contributed by atoms with Gasteiger partial charge in [0.25, 0.3) is 5.91 Å². The van der Waals surface area contributed by atoms with Crippen molar-refractivity contribution in [1.82, 2.24) is 10.2 Å². The fraction of sp³-hybridized carbons (Fsp3) is 0.212. The van der Waals surface area contributed by atoms with Gasteiger partial charge < -0.3 is 10.2 Å². The van der Waals surface area contributed by atoms with Gasteiger partial charge >= 0.3 is 0 Å². The topological polar surface area (TPSA) is 49.4 Å². The van der Waals surface area contributed by atoms with Crippen molar-refractivity contribution >= 4 is 23.6 Å². The van der Waals surface area contributed by atoms with E-state index in [1.807, 2.05) is 55.5 Å². The number of aryl methyl sites for hydroxylation is 1. The number of carbonyl (C=O) groups is 2. The Bertz CT molecular complexity index is 1360. The maximum atomic E-state index is 13.7. The van der Waals surface area contributed by atoms with E-state index in [4.69, 9.17) is 0 Å². The second-order valence-corrected chi connectivity index (χ2v) is 10.9. The molecule has 4 nitrogen and oxygen atoms in total. The van der Waals surface area contributed by atoms with Gasteiger partial charge in [0.05, 0.1) is 0 Å². The molecule has 0 aromatic heterocycles. The number of benzene rings is 4. The Morgan fingerprint density at radius 3 is 2.05 bits per heavy atom. The van der Waals surface area contributed by atoms with Crippen LogP contribution in [0.15, 0.2) is 109 Å². The first-order valence-corrected chi connectivity index (χ1v) is 14.2. The molecule has 0 spiro atoms. The Balaban J connectivity index is 1.34. The summed E-state index contributed by atoms with van der Waals surface area (Å²) in [5.74, 6) is -0.109. The highest BCUT2D eigenvalue weighted by Gasteiger charge is 2.42. The van der Waals surface area contributed by atoms with Crippen LogP contribution in [-0.4, -0.2) is 35.1 Å². The molecule has 1 aliphatic heterocycles. The molecule has 2 unspecified atom stereocenters. The van der Waals surface area contributed by atoms with Crippen molar-refractivity contribution in [1.29, 1.82) is 0 Å². The predicted molar refractivity (Wildman–Crippen MR) is 155 cm³/mol. The van der Waals surface area contributed by atoms with Gasteiger partial charge in [-0.15, -0.1) is 11.8 Å². The van der Waals surface area contributed by atoms with Gasteiger partial charge in [0.2, 0.25) is 5.91 Å². The molecule has 4 aromatic carbocycles. The Morgan fingerprint density at radius 1 is 0.872 bits per heavy atom. The Kier molecular flexibility index (Phi) is 8.42. The van der Waals surface area contributed by atoms with Gasteiger partial charge in [-0.2, -0.15) is 0 Å². The average Bonchev–Trinajstić information content (AvgIpc) is 3.42. The van der Waals surface area contributed by atoms with Crippen molar-refractivity contribution in [3.05, 3.63) is 143 Å². The largest absolute Gasteiger partial charge is 0.354 e. The van der Waals surface area contributed by atoms with E-state index in [1.165, 1.54) is 35.0 Å². The van der Waals surface area contributed by atoms with E-state index in [2.05, 4.69) is 29.6 Å². The van der Waals surface area contributed by atoms with Gasteiger partial charge in [0.1, 0.15) is 17.2 Å². The molecule has 39 heavy (non-hydrogen) atoms. The van der Waals surface area contributed by atoms with E-state index in [1.54, 1.807) is 29.2 Å². The van der Waals surface area contributed by atoms with Gasteiger partial charge in [-0.05, 0) is 54.3 Å². The first-order valence-electron chi connectivity index (χ1n) is 13.2. The summed E-state index contributed by atoms with van der Waals surface area (Å²) < 4.78 is 13.6. The molecular formula is C33H31FN2O2S. The minimum Gasteiger partial charge on any atom is -0.354 e. The van der Waals surface area contributed by atoms with Crippen LogP contribution in [-0.2, 0) is 4.79 Å². The molecule has 0 aliphatic carbocycles. The minimum atomic E-state index is -0.634. The molecular weight excluding hydrogens is 507 g/mol. The number of hydrogen-bond acceptors (Lipinski definition) is 3. The third kappa shape index (κ3) is 6.23. The summed E-state index contributed by atoms with van der Waals surface area (Å²) in [6, 6.07) is 33.5. The monoisotopic (exact) mass is 538 g/mol. The van der Waals surface area contributed by atoms with E-state index in [-0.39, 0.29) is 28.9 Å². The molecule has 0 radical (unpaired) electrons. The minimum absolute atomic E-state index is 0.142. The highest BCUT2D eigenvalue weighted by Crippen LogP contribution is 2.42. The van der Waals surface area contributed by atoms with Crippen LogP contribution < -0.4 is 5.32 Å². The second-order valence-electron chi connectivity index (χ2n) is 9.79. The Hall–Kier alpha value is -3.90. The first-order chi connectivity index (χ1) is 19.0. The summed E-state index contributed by atoms with van der Waals surface area (Å²) >= 11 is 1.53. The maximum Gasteiger partial charge on any atom is 0.255 e. The number of thioether (sulfide) groups is 1. The molecule has 6 heteroatoms. The summed E-state index contributed by atoms with van der Waals surface area (Å²) in [6.45, 7) is 2.44. The lowest BCUT2D eigenvalue weighted by Crippen LogP contribution is -2.48. The standard InChI is InChI=1S/C33H31FN2O2S/c1-23-12-14-26(15-13-23)32(38)36-30(22-39-33(36)27-16-18-28(34)19-17-27)31(37)35-21-20-29(24-8-4-2-5-9-24)25-10-6-3-7-11-25/h2-19,29-30,33H,20-22H2,1H3,(H,35,37). The number of nitrogens with one attached hydrogen (secondary N) is 1. The van der Waals surface area contributed by atoms with Crippen LogP contribution in [0.2, 0.25) is 0 Å². The van der Waals surface area contributed by atoms with Gasteiger partial charge in [0.15, 0.2) is 0 Å². The van der Waals surface area contributed by atoms with E-state index < -0.39 is 6.04 Å². The second kappa shape index (κ2) is 12.3. The molecule has 198 valence electrons. The number of hydrogen-bond donors (Lipinski definition) is 1. The number of nitrogens with zero attached hydrogens (tertiary/aromatic N) is 1. The predicted octanol–water partition coefficient (Wildman–Crippen LogP) is 6.73. The molecule has 5 rings (SSSR count). The average molecular weight is 539 g/mol. The quantitative estimate of drug-likeness (QED) is 0.271. The van der Waals surface area contributed by atoms with E-state index in [9.17, 15) is 14.0 Å². The van der Waals surface area contributed by atoms with Crippen molar-refractivity contribution in [2.45, 2.75) is 30.7 Å². The number of carbonyl (C=O) groups excluding carboxylic acids is 2. The summed E-state index contributed by atoms with van der Waals surface area (Å²) in [6.07, 6.45) is 0.729. The van der Waals surface area contributed by atoms with Gasteiger partial charge in [-0.1, -0.05) is 90.5 Å². The van der Waals surface area contributed by atoms with E-state index in [0.717, 1.165) is 17.5 Å². The van der Waals surface area contributed by atoms with Crippen LogP contribution in [0, 0.1) is 12.7 Å². The van der Waals surface area contributed by atoms with Crippen molar-refractivity contribution in [2.75, 3.05) is 12.3 Å². The fourth-order valence-corrected chi connectivity index (χ4v) is 6.47. The zero-order chi connectivity index (χ0) is 27.2. The lowest BCUT2D eigenvalue weighted by Gasteiger charge is -2.29. The smallest absolute Gasteiger partial charge is 0.255 e. The zero-order valence-electron chi connectivity index (χ0n) is 21.8. The third-order valence-corrected chi connectivity index (χ3v) is 8.45. The summed E-state index contributed by atoms with van der Waals surface area (Å²) in [4.78, 5) is 28.9. The first kappa shape index (κ1) is 26.7. The van der Waals surface area contributed by atoms with Crippen LogP contribution in [0.3, 0.4) is 0 Å². The molecule has 1 heterocycles. The molecule has 1 saturated heterocycles. The van der Waals surface area contributed by atoms with E-state index in [0.29, 0.717) is 17.9 Å². The summed E-state index contributed by atoms with van der Waals surface area (Å²) in [5, 5.41) is 2.74. The molecule has 1 N–H and O–H groups in total. The van der Waals surface area contributed by atoms with Crippen molar-refractivity contribution in [2.24, 2.45) is 0 Å². The Morgan fingerprint density at radius 2 is 1.46 bits per heavy atom. The highest BCUT2D eigenvalue weighted by molar-refractivity contribution is 7.99. The van der Waals surface area contributed by atoms with Crippen LogP contribution in [0.4, 0.5) is 4.39 Å². The number of amides is 2. The van der Waals surface area contributed by atoms with Gasteiger partial charge in [0, 0.05) is 23.8 Å². The fourth-order valence-electron chi connectivity index (χ4n) is 5.04. The van der Waals surface area contributed by atoms with Crippen LogP contribution >= 0.6 is 11.8 Å². The number of rotatable bonds is 8. The van der Waals surface area contributed by atoms with E-state index >= 15 is 0 Å². The summed E-state index contributed by atoms with van der Waals surface area (Å²) in [5.41, 5.74) is 4.77. The van der Waals surface area contributed by atoms with Crippen LogP contribution in [0.1, 0.15) is 50.3 Å². The lowest BCUT2D eigenvalue weighted by molar-refractivity contribution is -0.124. The van der Waals surface area contributed by atoms with Crippen molar-refractivity contribution in [3.63, 3.8) is 0 Å². The third-order valence-electron chi connectivity index (χ3n) is 7.13. The van der Waals surface area contributed by atoms with Crippen LogP contribution in [0.5, 0.6) is 0 Å². The summed E-state index contributed by atoms with van der Waals surface area (Å²) in [7, 11) is 0. The Labute approximate surface area is 233 Å². The normalized spacial score (nSPS) is 16.8. The van der Waals surface area contributed by atoms with Crippen LogP contribution in [0.25, 0.3) is 0 Å². The molecule has 0 saturated carbocycles.